The molecule has 0 aliphatic rings. The van der Waals surface area contributed by atoms with Gasteiger partial charge < -0.3 is 10.3 Å². The van der Waals surface area contributed by atoms with E-state index in [1.54, 1.807) is 6.07 Å². The summed E-state index contributed by atoms with van der Waals surface area (Å²) in [6, 6.07) is 4.82. The Morgan fingerprint density at radius 3 is 2.78 bits per heavy atom. The van der Waals surface area contributed by atoms with Crippen LogP contribution in [0, 0.1) is 11.7 Å². The standard InChI is InChI=1S/C14H20FN3/c1-4-9(2)7-10(3)18-13-8-11(15)5-6-12(13)17-14(18)16/h5-6,8-10H,4,7H2,1-3H3,(H2,16,17). The largest absolute Gasteiger partial charge is 0.369 e. The first-order valence-electron chi connectivity index (χ1n) is 6.45. The Labute approximate surface area is 107 Å². The third kappa shape index (κ3) is 2.33. The zero-order chi connectivity index (χ0) is 13.3. The van der Waals surface area contributed by atoms with Crippen molar-refractivity contribution in [3.63, 3.8) is 0 Å². The molecule has 2 unspecified atom stereocenters. The topological polar surface area (TPSA) is 43.8 Å². The lowest BCUT2D eigenvalue weighted by Crippen LogP contribution is -2.12. The summed E-state index contributed by atoms with van der Waals surface area (Å²) in [7, 11) is 0. The van der Waals surface area contributed by atoms with Crippen molar-refractivity contribution >= 4 is 17.0 Å². The molecular formula is C14H20FN3. The van der Waals surface area contributed by atoms with Crippen molar-refractivity contribution in [1.29, 1.82) is 0 Å². The number of hydrogen-bond acceptors (Lipinski definition) is 2. The van der Waals surface area contributed by atoms with Gasteiger partial charge in [0.1, 0.15) is 5.82 Å². The highest BCUT2D eigenvalue weighted by Gasteiger charge is 2.16. The number of nitrogen functional groups attached to an aromatic ring is 1. The van der Waals surface area contributed by atoms with E-state index in [4.69, 9.17) is 5.73 Å². The number of rotatable bonds is 4. The first kappa shape index (κ1) is 12.9. The Morgan fingerprint density at radius 2 is 2.11 bits per heavy atom. The highest BCUT2D eigenvalue weighted by molar-refractivity contribution is 5.78. The molecule has 0 spiro atoms. The minimum atomic E-state index is -0.251. The summed E-state index contributed by atoms with van der Waals surface area (Å²) >= 11 is 0. The van der Waals surface area contributed by atoms with Gasteiger partial charge >= 0.3 is 0 Å². The van der Waals surface area contributed by atoms with Crippen LogP contribution in [0.4, 0.5) is 10.3 Å². The molecule has 1 aromatic carbocycles. The number of aromatic nitrogens is 2. The second-order valence-electron chi connectivity index (χ2n) is 5.07. The fourth-order valence-electron chi connectivity index (χ4n) is 2.40. The second kappa shape index (κ2) is 4.96. The molecule has 2 rings (SSSR count). The lowest BCUT2D eigenvalue weighted by atomic mass is 10.00. The fraction of sp³-hybridized carbons (Fsp3) is 0.500. The number of halogens is 1. The van der Waals surface area contributed by atoms with Crippen LogP contribution < -0.4 is 5.73 Å². The van der Waals surface area contributed by atoms with Gasteiger partial charge in [-0.05, 0) is 37.5 Å². The van der Waals surface area contributed by atoms with Crippen molar-refractivity contribution in [2.75, 3.05) is 5.73 Å². The maximum atomic E-state index is 13.3. The van der Waals surface area contributed by atoms with Crippen molar-refractivity contribution < 1.29 is 4.39 Å². The van der Waals surface area contributed by atoms with E-state index in [9.17, 15) is 4.39 Å². The van der Waals surface area contributed by atoms with E-state index in [0.29, 0.717) is 11.9 Å². The van der Waals surface area contributed by atoms with Gasteiger partial charge in [0.2, 0.25) is 5.95 Å². The summed E-state index contributed by atoms with van der Waals surface area (Å²) < 4.78 is 15.3. The van der Waals surface area contributed by atoms with Crippen LogP contribution in [0.25, 0.3) is 11.0 Å². The number of nitrogens with two attached hydrogens (primary N) is 1. The first-order valence-corrected chi connectivity index (χ1v) is 6.45. The van der Waals surface area contributed by atoms with Crippen LogP contribution in [0.1, 0.15) is 39.7 Å². The normalized spacial score (nSPS) is 14.9. The maximum absolute atomic E-state index is 13.3. The molecule has 2 aromatic rings. The Morgan fingerprint density at radius 1 is 1.39 bits per heavy atom. The average Bonchev–Trinajstić information content (AvgIpc) is 2.64. The van der Waals surface area contributed by atoms with Gasteiger partial charge in [0.25, 0.3) is 0 Å². The number of benzene rings is 1. The van der Waals surface area contributed by atoms with Crippen LogP contribution in [-0.2, 0) is 0 Å². The highest BCUT2D eigenvalue weighted by atomic mass is 19.1. The molecular weight excluding hydrogens is 229 g/mol. The molecule has 0 radical (unpaired) electrons. The first-order chi connectivity index (χ1) is 8.52. The minimum absolute atomic E-state index is 0.228. The van der Waals surface area contributed by atoms with E-state index in [1.165, 1.54) is 12.1 Å². The molecule has 2 atom stereocenters. The summed E-state index contributed by atoms with van der Waals surface area (Å²) in [5.41, 5.74) is 7.49. The SMILES string of the molecule is CCC(C)CC(C)n1c(N)nc2ccc(F)cc21. The molecule has 2 N–H and O–H groups in total. The molecule has 0 fully saturated rings. The van der Waals surface area contributed by atoms with Gasteiger partial charge in [-0.15, -0.1) is 0 Å². The van der Waals surface area contributed by atoms with E-state index in [0.717, 1.165) is 23.9 Å². The molecule has 0 saturated heterocycles. The fourth-order valence-corrected chi connectivity index (χ4v) is 2.40. The predicted molar refractivity (Wildman–Crippen MR) is 72.9 cm³/mol. The maximum Gasteiger partial charge on any atom is 0.201 e. The summed E-state index contributed by atoms with van der Waals surface area (Å²) in [5.74, 6) is 0.830. The number of anilines is 1. The Hall–Kier alpha value is -1.58. The van der Waals surface area contributed by atoms with E-state index >= 15 is 0 Å². The minimum Gasteiger partial charge on any atom is -0.369 e. The van der Waals surface area contributed by atoms with Gasteiger partial charge in [-0.25, -0.2) is 9.37 Å². The zero-order valence-electron chi connectivity index (χ0n) is 11.2. The lowest BCUT2D eigenvalue weighted by molar-refractivity contribution is 0.407. The van der Waals surface area contributed by atoms with Gasteiger partial charge in [0, 0.05) is 6.04 Å². The van der Waals surface area contributed by atoms with Crippen LogP contribution in [0.5, 0.6) is 0 Å². The molecule has 0 bridgehead atoms. The molecule has 4 heteroatoms. The molecule has 0 saturated carbocycles. The molecule has 1 heterocycles. The van der Waals surface area contributed by atoms with Crippen molar-refractivity contribution in [3.8, 4) is 0 Å². The third-order valence-electron chi connectivity index (χ3n) is 3.56. The van der Waals surface area contributed by atoms with Crippen LogP contribution in [0.15, 0.2) is 18.2 Å². The Kier molecular flexibility index (Phi) is 3.55. The van der Waals surface area contributed by atoms with Crippen LogP contribution in [0.2, 0.25) is 0 Å². The Balaban J connectivity index is 2.42. The molecule has 0 amide bonds. The summed E-state index contributed by atoms with van der Waals surface area (Å²) in [6.45, 7) is 6.49. The third-order valence-corrected chi connectivity index (χ3v) is 3.56. The monoisotopic (exact) mass is 249 g/mol. The van der Waals surface area contributed by atoms with Crippen molar-refractivity contribution in [3.05, 3.63) is 24.0 Å². The Bertz CT molecular complexity index is 547. The lowest BCUT2D eigenvalue weighted by Gasteiger charge is -2.19. The van der Waals surface area contributed by atoms with E-state index in [-0.39, 0.29) is 11.9 Å². The summed E-state index contributed by atoms with van der Waals surface area (Å²) in [5, 5.41) is 0. The number of fused-ring (bicyclic) bond motifs is 1. The van der Waals surface area contributed by atoms with Crippen molar-refractivity contribution in [2.45, 2.75) is 39.7 Å². The summed E-state index contributed by atoms with van der Waals surface area (Å²) in [6.07, 6.45) is 2.15. The average molecular weight is 249 g/mol. The van der Waals surface area contributed by atoms with Gasteiger partial charge in [-0.1, -0.05) is 20.3 Å². The van der Waals surface area contributed by atoms with E-state index in [2.05, 4.69) is 25.8 Å². The molecule has 98 valence electrons. The van der Waals surface area contributed by atoms with Crippen molar-refractivity contribution in [2.24, 2.45) is 5.92 Å². The van der Waals surface area contributed by atoms with Crippen LogP contribution in [-0.4, -0.2) is 9.55 Å². The van der Waals surface area contributed by atoms with Gasteiger partial charge in [0.15, 0.2) is 0 Å². The van der Waals surface area contributed by atoms with Crippen LogP contribution >= 0.6 is 0 Å². The molecule has 3 nitrogen and oxygen atoms in total. The van der Waals surface area contributed by atoms with Gasteiger partial charge in [-0.3, -0.25) is 0 Å². The highest BCUT2D eigenvalue weighted by Crippen LogP contribution is 2.27. The quantitative estimate of drug-likeness (QED) is 0.896. The van der Waals surface area contributed by atoms with Crippen molar-refractivity contribution in [1.82, 2.24) is 9.55 Å². The van der Waals surface area contributed by atoms with Gasteiger partial charge in [0.05, 0.1) is 11.0 Å². The number of nitrogens with zero attached hydrogens (tertiary/aromatic N) is 2. The molecule has 0 aliphatic carbocycles. The zero-order valence-corrected chi connectivity index (χ0v) is 11.2. The predicted octanol–water partition coefficient (Wildman–Crippen LogP) is 3.75. The van der Waals surface area contributed by atoms with E-state index in [1.807, 2.05) is 4.57 Å². The second-order valence-corrected chi connectivity index (χ2v) is 5.07. The number of hydrogen-bond donors (Lipinski definition) is 1. The van der Waals surface area contributed by atoms with Gasteiger partial charge in [-0.2, -0.15) is 0 Å². The van der Waals surface area contributed by atoms with E-state index < -0.39 is 0 Å². The smallest absolute Gasteiger partial charge is 0.201 e. The van der Waals surface area contributed by atoms with Crippen LogP contribution in [0.3, 0.4) is 0 Å². The molecule has 0 aliphatic heterocycles. The number of imidazole rings is 1. The molecule has 1 aromatic heterocycles. The molecule has 18 heavy (non-hydrogen) atoms. The summed E-state index contributed by atoms with van der Waals surface area (Å²) in [4.78, 5) is 4.28.